The molecule has 1 amide bonds. The number of ether oxygens (including phenoxy) is 2. The van der Waals surface area contributed by atoms with Gasteiger partial charge in [0.1, 0.15) is 12.3 Å². The summed E-state index contributed by atoms with van der Waals surface area (Å²) < 4.78 is 10.5. The quantitative estimate of drug-likeness (QED) is 0.727. The molecule has 0 aliphatic heterocycles. The molecule has 0 aliphatic carbocycles. The first-order valence-electron chi connectivity index (χ1n) is 7.52. The third-order valence-corrected chi connectivity index (χ3v) is 3.26. The van der Waals surface area contributed by atoms with Crippen LogP contribution in [0.5, 0.6) is 5.75 Å². The van der Waals surface area contributed by atoms with Gasteiger partial charge in [-0.05, 0) is 37.5 Å². The van der Waals surface area contributed by atoms with E-state index in [1.807, 2.05) is 24.3 Å². The molecule has 5 nitrogen and oxygen atoms in total. The summed E-state index contributed by atoms with van der Waals surface area (Å²) in [7, 11) is 1.56. The first-order valence-corrected chi connectivity index (χ1v) is 7.52. The van der Waals surface area contributed by atoms with Crippen molar-refractivity contribution in [2.45, 2.75) is 39.7 Å². The average molecular weight is 307 g/mol. The number of hydrogen-bond acceptors (Lipinski definition) is 4. The Kier molecular flexibility index (Phi) is 6.89. The molecular weight excluding hydrogens is 282 g/mol. The van der Waals surface area contributed by atoms with E-state index < -0.39 is 12.1 Å². The Balaban J connectivity index is 2.57. The zero-order valence-corrected chi connectivity index (χ0v) is 14.0. The topological polar surface area (TPSA) is 55.8 Å². The van der Waals surface area contributed by atoms with Crippen LogP contribution in [0.1, 0.15) is 39.2 Å². The number of benzene rings is 1. The highest BCUT2D eigenvalue weighted by atomic mass is 16.5. The van der Waals surface area contributed by atoms with E-state index in [-0.39, 0.29) is 12.5 Å². The monoisotopic (exact) mass is 307 g/mol. The van der Waals surface area contributed by atoms with Crippen molar-refractivity contribution in [2.75, 3.05) is 20.2 Å². The zero-order chi connectivity index (χ0) is 16.7. The average Bonchev–Trinajstić information content (AvgIpc) is 2.47. The lowest BCUT2D eigenvalue weighted by molar-refractivity contribution is -0.150. The van der Waals surface area contributed by atoms with Crippen LogP contribution in [-0.2, 0) is 14.3 Å². The van der Waals surface area contributed by atoms with E-state index in [9.17, 15) is 9.59 Å². The van der Waals surface area contributed by atoms with Crippen molar-refractivity contribution in [1.82, 2.24) is 4.90 Å². The second kappa shape index (κ2) is 8.41. The number of carbonyl (C=O) groups excluding carboxylic acids is 2. The lowest BCUT2D eigenvalue weighted by Gasteiger charge is -2.21. The highest BCUT2D eigenvalue weighted by Crippen LogP contribution is 2.19. The second-order valence-electron chi connectivity index (χ2n) is 5.48. The van der Waals surface area contributed by atoms with E-state index in [4.69, 9.17) is 9.47 Å². The predicted octanol–water partition coefficient (Wildman–Crippen LogP) is 2.60. The van der Waals surface area contributed by atoms with Gasteiger partial charge in [-0.15, -0.1) is 0 Å². The fraction of sp³-hybridized carbons (Fsp3) is 0.529. The van der Waals surface area contributed by atoms with Crippen LogP contribution in [0, 0.1) is 0 Å². The fourth-order valence-corrected chi connectivity index (χ4v) is 1.97. The Morgan fingerprint density at radius 1 is 1.14 bits per heavy atom. The Labute approximate surface area is 132 Å². The molecule has 1 aromatic carbocycles. The minimum absolute atomic E-state index is 0.0767. The summed E-state index contributed by atoms with van der Waals surface area (Å²) in [6.07, 6.45) is -0.663. The maximum absolute atomic E-state index is 12.2. The minimum atomic E-state index is -0.663. The molecule has 0 aromatic heterocycles. The molecule has 0 heterocycles. The van der Waals surface area contributed by atoms with Crippen LogP contribution in [0.3, 0.4) is 0 Å². The first kappa shape index (κ1) is 18.0. The summed E-state index contributed by atoms with van der Waals surface area (Å²) in [4.78, 5) is 24.8. The normalized spacial score (nSPS) is 11.9. The maximum Gasteiger partial charge on any atom is 0.325 e. The van der Waals surface area contributed by atoms with Gasteiger partial charge in [0.15, 0.2) is 6.10 Å². The molecule has 0 spiro atoms. The third kappa shape index (κ3) is 5.39. The second-order valence-corrected chi connectivity index (χ2v) is 5.48. The standard InChI is InChI=1S/C17H25NO4/c1-6-21-16(19)11-18(5)17(20)13(4)22-15-9-7-14(8-10-15)12(2)3/h7-10,12-13H,6,11H2,1-5H3. The van der Waals surface area contributed by atoms with Gasteiger partial charge in [-0.25, -0.2) is 0 Å². The third-order valence-electron chi connectivity index (χ3n) is 3.26. The summed E-state index contributed by atoms with van der Waals surface area (Å²) in [6, 6.07) is 7.67. The van der Waals surface area contributed by atoms with E-state index in [0.29, 0.717) is 18.3 Å². The van der Waals surface area contributed by atoms with E-state index >= 15 is 0 Å². The minimum Gasteiger partial charge on any atom is -0.481 e. The predicted molar refractivity (Wildman–Crippen MR) is 84.9 cm³/mol. The number of hydrogen-bond donors (Lipinski definition) is 0. The molecule has 1 unspecified atom stereocenters. The molecule has 0 aliphatic rings. The molecule has 22 heavy (non-hydrogen) atoms. The molecule has 122 valence electrons. The van der Waals surface area contributed by atoms with Gasteiger partial charge >= 0.3 is 5.97 Å². The van der Waals surface area contributed by atoms with Crippen LogP contribution in [0.4, 0.5) is 0 Å². The number of rotatable bonds is 7. The van der Waals surface area contributed by atoms with Gasteiger partial charge < -0.3 is 14.4 Å². The van der Waals surface area contributed by atoms with Crippen LogP contribution in [-0.4, -0.2) is 43.1 Å². The fourth-order valence-electron chi connectivity index (χ4n) is 1.97. The molecule has 0 bridgehead atoms. The molecule has 0 fully saturated rings. The van der Waals surface area contributed by atoms with E-state index in [1.54, 1.807) is 20.9 Å². The van der Waals surface area contributed by atoms with Crippen molar-refractivity contribution in [3.05, 3.63) is 29.8 Å². The Hall–Kier alpha value is -2.04. The van der Waals surface area contributed by atoms with Gasteiger partial charge in [0.2, 0.25) is 0 Å². The van der Waals surface area contributed by atoms with Gasteiger partial charge in [-0.1, -0.05) is 26.0 Å². The van der Waals surface area contributed by atoms with Crippen LogP contribution in [0.25, 0.3) is 0 Å². The highest BCUT2D eigenvalue weighted by molar-refractivity contribution is 5.84. The summed E-state index contributed by atoms with van der Waals surface area (Å²) in [5, 5.41) is 0. The molecule has 5 heteroatoms. The number of carbonyl (C=O) groups is 2. The molecular formula is C17H25NO4. The summed E-state index contributed by atoms with van der Waals surface area (Å²) in [5.74, 6) is 0.395. The van der Waals surface area contributed by atoms with E-state index in [1.165, 1.54) is 10.5 Å². The van der Waals surface area contributed by atoms with Crippen LogP contribution >= 0.6 is 0 Å². The largest absolute Gasteiger partial charge is 0.481 e. The Morgan fingerprint density at radius 2 is 1.73 bits per heavy atom. The van der Waals surface area contributed by atoms with Crippen LogP contribution in [0.2, 0.25) is 0 Å². The molecule has 0 saturated heterocycles. The number of esters is 1. The zero-order valence-electron chi connectivity index (χ0n) is 14.0. The van der Waals surface area contributed by atoms with Crippen molar-refractivity contribution in [3.8, 4) is 5.75 Å². The smallest absolute Gasteiger partial charge is 0.325 e. The molecule has 0 N–H and O–H groups in total. The summed E-state index contributed by atoms with van der Waals surface area (Å²) in [6.45, 7) is 7.85. The van der Waals surface area contributed by atoms with Gasteiger partial charge in [0.25, 0.3) is 5.91 Å². The molecule has 1 atom stereocenters. The van der Waals surface area contributed by atoms with Crippen molar-refractivity contribution < 1.29 is 19.1 Å². The first-order chi connectivity index (χ1) is 10.3. The molecule has 0 saturated carbocycles. The molecule has 1 aromatic rings. The van der Waals surface area contributed by atoms with Gasteiger partial charge in [0.05, 0.1) is 6.61 Å². The Morgan fingerprint density at radius 3 is 2.23 bits per heavy atom. The van der Waals surface area contributed by atoms with E-state index in [2.05, 4.69) is 13.8 Å². The maximum atomic E-state index is 12.2. The summed E-state index contributed by atoms with van der Waals surface area (Å²) >= 11 is 0. The van der Waals surface area contributed by atoms with Gasteiger partial charge in [-0.3, -0.25) is 9.59 Å². The number of nitrogens with zero attached hydrogens (tertiary/aromatic N) is 1. The Bertz CT molecular complexity index is 496. The van der Waals surface area contributed by atoms with Crippen molar-refractivity contribution in [2.24, 2.45) is 0 Å². The number of amides is 1. The van der Waals surface area contributed by atoms with Crippen molar-refractivity contribution in [3.63, 3.8) is 0 Å². The van der Waals surface area contributed by atoms with Crippen LogP contribution in [0.15, 0.2) is 24.3 Å². The SMILES string of the molecule is CCOC(=O)CN(C)C(=O)C(C)Oc1ccc(C(C)C)cc1. The number of likely N-dealkylation sites (N-methyl/N-ethyl adjacent to an activating group) is 1. The summed E-state index contributed by atoms with van der Waals surface area (Å²) in [5.41, 5.74) is 1.21. The molecule has 0 radical (unpaired) electrons. The molecule has 1 rings (SSSR count). The highest BCUT2D eigenvalue weighted by Gasteiger charge is 2.21. The lowest BCUT2D eigenvalue weighted by atomic mass is 10.0. The van der Waals surface area contributed by atoms with E-state index in [0.717, 1.165) is 0 Å². The van der Waals surface area contributed by atoms with Gasteiger partial charge in [0, 0.05) is 7.05 Å². The lowest BCUT2D eigenvalue weighted by Crippen LogP contribution is -2.41. The van der Waals surface area contributed by atoms with Crippen molar-refractivity contribution in [1.29, 1.82) is 0 Å². The van der Waals surface area contributed by atoms with Crippen molar-refractivity contribution >= 4 is 11.9 Å². The van der Waals surface area contributed by atoms with Gasteiger partial charge in [-0.2, -0.15) is 0 Å². The van der Waals surface area contributed by atoms with Crippen LogP contribution < -0.4 is 4.74 Å².